The Morgan fingerprint density at radius 2 is 2.26 bits per heavy atom. The van der Waals surface area contributed by atoms with Crippen molar-refractivity contribution in [2.45, 2.75) is 24.3 Å². The van der Waals surface area contributed by atoms with Gasteiger partial charge in [0.1, 0.15) is 0 Å². The van der Waals surface area contributed by atoms with Crippen LogP contribution in [-0.4, -0.2) is 37.6 Å². The fraction of sp³-hybridized carbons (Fsp3) is 0.462. The van der Waals surface area contributed by atoms with E-state index in [1.54, 1.807) is 0 Å². The second-order valence-corrected chi connectivity index (χ2v) is 8.05. The molecular formula is C13H17NO3S2. The van der Waals surface area contributed by atoms with Gasteiger partial charge >= 0.3 is 0 Å². The van der Waals surface area contributed by atoms with Crippen molar-refractivity contribution < 1.29 is 13.2 Å². The van der Waals surface area contributed by atoms with E-state index in [0.717, 1.165) is 10.5 Å². The van der Waals surface area contributed by atoms with Crippen LogP contribution in [0.25, 0.3) is 0 Å². The lowest BCUT2D eigenvalue weighted by atomic mass is 10.2. The second kappa shape index (κ2) is 5.96. The van der Waals surface area contributed by atoms with E-state index in [1.807, 2.05) is 31.2 Å². The lowest BCUT2D eigenvalue weighted by Crippen LogP contribution is -2.36. The molecule has 0 unspecified atom stereocenters. The van der Waals surface area contributed by atoms with Crippen molar-refractivity contribution in [2.75, 3.05) is 17.3 Å². The summed E-state index contributed by atoms with van der Waals surface area (Å²) in [6.45, 7) is 2.01. The predicted molar refractivity (Wildman–Crippen MR) is 77.1 cm³/mol. The molecule has 4 nitrogen and oxygen atoms in total. The van der Waals surface area contributed by atoms with Gasteiger partial charge in [-0.25, -0.2) is 8.42 Å². The third kappa shape index (κ3) is 4.54. The van der Waals surface area contributed by atoms with Crippen molar-refractivity contribution in [1.82, 2.24) is 5.32 Å². The summed E-state index contributed by atoms with van der Waals surface area (Å²) in [5, 5.41) is 2.78. The Hall–Kier alpha value is -1.01. The van der Waals surface area contributed by atoms with Crippen molar-refractivity contribution >= 4 is 27.5 Å². The first-order valence-corrected chi connectivity index (χ1v) is 8.94. The molecule has 0 aromatic heterocycles. The number of sulfone groups is 1. The van der Waals surface area contributed by atoms with Gasteiger partial charge in [-0.15, -0.1) is 11.8 Å². The van der Waals surface area contributed by atoms with Crippen LogP contribution >= 0.6 is 11.8 Å². The Morgan fingerprint density at radius 3 is 2.89 bits per heavy atom. The summed E-state index contributed by atoms with van der Waals surface area (Å²) >= 11 is 1.46. The minimum atomic E-state index is -2.94. The van der Waals surface area contributed by atoms with Gasteiger partial charge in [-0.2, -0.15) is 0 Å². The summed E-state index contributed by atoms with van der Waals surface area (Å²) in [6, 6.07) is 7.74. The zero-order valence-corrected chi connectivity index (χ0v) is 12.4. The highest BCUT2D eigenvalue weighted by atomic mass is 32.2. The average Bonchev–Trinajstić information content (AvgIpc) is 2.66. The molecule has 104 valence electrons. The van der Waals surface area contributed by atoms with Crippen LogP contribution in [0.2, 0.25) is 0 Å². The number of thioether (sulfide) groups is 1. The van der Waals surface area contributed by atoms with Crippen molar-refractivity contribution in [1.29, 1.82) is 0 Å². The average molecular weight is 299 g/mol. The minimum Gasteiger partial charge on any atom is -0.352 e. The molecule has 1 aromatic rings. The molecule has 6 heteroatoms. The van der Waals surface area contributed by atoms with E-state index in [9.17, 15) is 13.2 Å². The quantitative estimate of drug-likeness (QED) is 0.853. The molecule has 1 N–H and O–H groups in total. The van der Waals surface area contributed by atoms with Gasteiger partial charge in [-0.3, -0.25) is 4.79 Å². The molecule has 1 amide bonds. The second-order valence-electron chi connectivity index (χ2n) is 4.77. The van der Waals surface area contributed by atoms with E-state index in [4.69, 9.17) is 0 Å². The molecule has 1 atom stereocenters. The summed E-state index contributed by atoms with van der Waals surface area (Å²) in [5.41, 5.74) is 1.16. The normalized spacial score (nSPS) is 21.2. The molecule has 1 aliphatic rings. The summed E-state index contributed by atoms with van der Waals surface area (Å²) < 4.78 is 22.6. The first-order valence-electron chi connectivity index (χ1n) is 6.14. The van der Waals surface area contributed by atoms with Crippen molar-refractivity contribution in [3.8, 4) is 0 Å². The third-order valence-corrected chi connectivity index (χ3v) is 5.72. The highest BCUT2D eigenvalue weighted by Gasteiger charge is 2.28. The number of amides is 1. The number of benzene rings is 1. The molecule has 19 heavy (non-hydrogen) atoms. The maximum atomic E-state index is 11.7. The van der Waals surface area contributed by atoms with Gasteiger partial charge < -0.3 is 5.32 Å². The predicted octanol–water partition coefficient (Wildman–Crippen LogP) is 1.39. The van der Waals surface area contributed by atoms with Crippen LogP contribution in [0.15, 0.2) is 29.2 Å². The van der Waals surface area contributed by atoms with Crippen molar-refractivity contribution in [2.24, 2.45) is 0 Å². The molecule has 0 radical (unpaired) electrons. The lowest BCUT2D eigenvalue weighted by molar-refractivity contribution is -0.119. The molecule has 2 rings (SSSR count). The largest absolute Gasteiger partial charge is 0.352 e. The van der Waals surface area contributed by atoms with Crippen molar-refractivity contribution in [3.63, 3.8) is 0 Å². The molecule has 0 spiro atoms. The zero-order valence-electron chi connectivity index (χ0n) is 10.8. The molecule has 1 fully saturated rings. The Labute approximate surface area is 117 Å². The topological polar surface area (TPSA) is 63.2 Å². The molecule has 1 saturated heterocycles. The SMILES string of the molecule is Cc1cccc(SCC(=O)N[C@@H]2CCS(=O)(=O)C2)c1. The molecule has 1 aliphatic heterocycles. The first kappa shape index (κ1) is 14.4. The number of rotatable bonds is 4. The number of carbonyl (C=O) groups is 1. The van der Waals surface area contributed by atoms with Gasteiger partial charge in [0.2, 0.25) is 5.91 Å². The molecule has 1 aromatic carbocycles. The number of hydrogen-bond acceptors (Lipinski definition) is 4. The van der Waals surface area contributed by atoms with Gasteiger partial charge in [0.15, 0.2) is 9.84 Å². The van der Waals surface area contributed by atoms with E-state index >= 15 is 0 Å². The van der Waals surface area contributed by atoms with E-state index in [-0.39, 0.29) is 23.5 Å². The van der Waals surface area contributed by atoms with E-state index in [1.165, 1.54) is 11.8 Å². The number of nitrogens with one attached hydrogen (secondary N) is 1. The Balaban J connectivity index is 1.79. The lowest BCUT2D eigenvalue weighted by Gasteiger charge is -2.10. The zero-order chi connectivity index (χ0) is 13.9. The van der Waals surface area contributed by atoms with Crippen LogP contribution in [0.3, 0.4) is 0 Å². The summed E-state index contributed by atoms with van der Waals surface area (Å²) in [7, 11) is -2.94. The van der Waals surface area contributed by atoms with Crippen molar-refractivity contribution in [3.05, 3.63) is 29.8 Å². The van der Waals surface area contributed by atoms with Crippen LogP contribution in [0, 0.1) is 6.92 Å². The summed E-state index contributed by atoms with van der Waals surface area (Å²) in [4.78, 5) is 12.8. The maximum Gasteiger partial charge on any atom is 0.230 e. The fourth-order valence-electron chi connectivity index (χ4n) is 2.03. The highest BCUT2D eigenvalue weighted by Crippen LogP contribution is 2.19. The Kier molecular flexibility index (Phi) is 4.52. The standard InChI is InChI=1S/C13H17NO3S2/c1-10-3-2-4-12(7-10)18-8-13(15)14-11-5-6-19(16,17)9-11/h2-4,7,11H,5-6,8-9H2,1H3,(H,14,15)/t11-/m1/s1. The molecule has 0 saturated carbocycles. The summed E-state index contributed by atoms with van der Waals surface area (Å²) in [6.07, 6.45) is 0.531. The molecule has 0 aliphatic carbocycles. The third-order valence-electron chi connectivity index (χ3n) is 2.96. The van der Waals surface area contributed by atoms with Crippen LogP contribution in [0.1, 0.15) is 12.0 Å². The smallest absolute Gasteiger partial charge is 0.230 e. The van der Waals surface area contributed by atoms with Gasteiger partial charge in [0.25, 0.3) is 0 Å². The number of aryl methyl sites for hydroxylation is 1. The first-order chi connectivity index (χ1) is 8.94. The summed E-state index contributed by atoms with van der Waals surface area (Å²) in [5.74, 6) is 0.477. The minimum absolute atomic E-state index is 0.0772. The van der Waals surface area contributed by atoms with Gasteiger partial charge in [-0.05, 0) is 25.5 Å². The molecule has 1 heterocycles. The van der Waals surface area contributed by atoms with Crippen LogP contribution < -0.4 is 5.32 Å². The number of hydrogen-bond donors (Lipinski definition) is 1. The monoisotopic (exact) mass is 299 g/mol. The number of carbonyl (C=O) groups excluding carboxylic acids is 1. The van der Waals surface area contributed by atoms with E-state index < -0.39 is 9.84 Å². The van der Waals surface area contributed by atoms with E-state index in [2.05, 4.69) is 5.32 Å². The maximum absolute atomic E-state index is 11.7. The van der Waals surface area contributed by atoms with Crippen LogP contribution in [-0.2, 0) is 14.6 Å². The Bertz CT molecular complexity index is 569. The highest BCUT2D eigenvalue weighted by molar-refractivity contribution is 8.00. The molecular weight excluding hydrogens is 282 g/mol. The van der Waals surface area contributed by atoms with Crippen LogP contribution in [0.5, 0.6) is 0 Å². The Morgan fingerprint density at radius 1 is 1.47 bits per heavy atom. The fourth-order valence-corrected chi connectivity index (χ4v) is 4.53. The molecule has 0 bridgehead atoms. The van der Waals surface area contributed by atoms with Gasteiger partial charge in [-0.1, -0.05) is 17.7 Å². The van der Waals surface area contributed by atoms with Gasteiger partial charge in [0, 0.05) is 10.9 Å². The van der Waals surface area contributed by atoms with Crippen LogP contribution in [0.4, 0.5) is 0 Å². The van der Waals surface area contributed by atoms with Gasteiger partial charge in [0.05, 0.1) is 17.3 Å². The van der Waals surface area contributed by atoms with E-state index in [0.29, 0.717) is 12.2 Å².